The van der Waals surface area contributed by atoms with E-state index in [1.807, 2.05) is 0 Å². The van der Waals surface area contributed by atoms with Crippen molar-refractivity contribution in [2.75, 3.05) is 13.6 Å². The molecule has 0 bridgehead atoms. The third-order valence-electron chi connectivity index (χ3n) is 3.35. The van der Waals surface area contributed by atoms with E-state index in [4.69, 9.17) is 16.3 Å². The third kappa shape index (κ3) is 5.35. The second kappa shape index (κ2) is 7.74. The van der Waals surface area contributed by atoms with E-state index < -0.39 is 17.8 Å². The van der Waals surface area contributed by atoms with Gasteiger partial charge in [0.15, 0.2) is 0 Å². The number of carbonyl (C=O) groups is 1. The Kier molecular flexibility index (Phi) is 5.89. The topological polar surface area (TPSA) is 42.4 Å². The molecule has 0 aliphatic rings. The van der Waals surface area contributed by atoms with Crippen LogP contribution in [0.4, 0.5) is 13.2 Å². The molecule has 0 spiro atoms. The number of carbonyl (C=O) groups excluding carboxylic acids is 1. The quantitative estimate of drug-likeness (QED) is 0.786. The highest BCUT2D eigenvalue weighted by Crippen LogP contribution is 2.30. The molecule has 1 unspecified atom stereocenters. The van der Waals surface area contributed by atoms with E-state index in [1.165, 1.54) is 35.5 Å². The molecule has 1 atom stereocenters. The molecular formula is C17H16ClF3N2O2. The molecule has 2 aromatic rings. The zero-order valence-electron chi connectivity index (χ0n) is 13.5. The number of benzene rings is 1. The third-order valence-corrected chi connectivity index (χ3v) is 3.56. The lowest BCUT2D eigenvalue weighted by atomic mass is 10.2. The zero-order valence-corrected chi connectivity index (χ0v) is 14.3. The molecule has 8 heteroatoms. The maximum Gasteiger partial charge on any atom is 0.416 e. The van der Waals surface area contributed by atoms with Gasteiger partial charge in [-0.3, -0.25) is 9.78 Å². The van der Waals surface area contributed by atoms with E-state index >= 15 is 0 Å². The second-order valence-corrected chi connectivity index (χ2v) is 5.96. The summed E-state index contributed by atoms with van der Waals surface area (Å²) in [5.74, 6) is 0.0173. The summed E-state index contributed by atoms with van der Waals surface area (Å²) in [6.45, 7) is 1.96. The number of alkyl halides is 3. The highest BCUT2D eigenvalue weighted by molar-refractivity contribution is 6.30. The summed E-state index contributed by atoms with van der Waals surface area (Å²) in [5.41, 5.74) is -0.398. The smallest absolute Gasteiger partial charge is 0.416 e. The Labute approximate surface area is 148 Å². The van der Waals surface area contributed by atoms with E-state index in [1.54, 1.807) is 14.0 Å². The molecule has 0 fully saturated rings. The van der Waals surface area contributed by atoms with Gasteiger partial charge >= 0.3 is 6.18 Å². The largest absolute Gasteiger partial charge is 0.489 e. The van der Waals surface area contributed by atoms with Crippen LogP contribution >= 0.6 is 11.6 Å². The maximum absolute atomic E-state index is 12.5. The lowest BCUT2D eigenvalue weighted by molar-refractivity contribution is -0.137. The fraction of sp³-hybridized carbons (Fsp3) is 0.294. The summed E-state index contributed by atoms with van der Waals surface area (Å²) in [4.78, 5) is 17.6. The van der Waals surface area contributed by atoms with Gasteiger partial charge in [0.1, 0.15) is 11.9 Å². The monoisotopic (exact) mass is 372 g/mol. The SMILES string of the molecule is CC(CN(C)C(=O)c1cncc(Cl)c1)Oc1ccc(C(F)(F)F)cc1. The first-order chi connectivity index (χ1) is 11.7. The normalized spacial score (nSPS) is 12.6. The molecule has 0 saturated heterocycles. The number of pyridine rings is 1. The van der Waals surface area contributed by atoms with Crippen LogP contribution in [0.1, 0.15) is 22.8 Å². The van der Waals surface area contributed by atoms with E-state index in [0.717, 1.165) is 12.1 Å². The minimum absolute atomic E-state index is 0.242. The molecule has 1 amide bonds. The van der Waals surface area contributed by atoms with Crippen LogP contribution in [0.25, 0.3) is 0 Å². The van der Waals surface area contributed by atoms with Gasteiger partial charge in [0.25, 0.3) is 5.91 Å². The van der Waals surface area contributed by atoms with Crippen molar-refractivity contribution in [3.05, 3.63) is 58.9 Å². The van der Waals surface area contributed by atoms with Gasteiger partial charge in [-0.2, -0.15) is 13.2 Å². The van der Waals surface area contributed by atoms with E-state index in [0.29, 0.717) is 16.3 Å². The van der Waals surface area contributed by atoms with Gasteiger partial charge in [-0.25, -0.2) is 0 Å². The number of likely N-dealkylation sites (N-methyl/N-ethyl adjacent to an activating group) is 1. The molecule has 25 heavy (non-hydrogen) atoms. The molecule has 4 nitrogen and oxygen atoms in total. The Bertz CT molecular complexity index is 735. The number of rotatable bonds is 5. The average Bonchev–Trinajstić information content (AvgIpc) is 2.53. The maximum atomic E-state index is 12.5. The molecule has 1 heterocycles. The van der Waals surface area contributed by atoms with Crippen molar-refractivity contribution < 1.29 is 22.7 Å². The number of hydrogen-bond donors (Lipinski definition) is 0. The number of ether oxygens (including phenoxy) is 1. The molecule has 0 radical (unpaired) electrons. The minimum atomic E-state index is -4.39. The van der Waals surface area contributed by atoms with Crippen molar-refractivity contribution in [3.63, 3.8) is 0 Å². The second-order valence-electron chi connectivity index (χ2n) is 5.53. The summed E-state index contributed by atoms with van der Waals surface area (Å²) in [6.07, 6.45) is -1.97. The molecule has 0 aliphatic heterocycles. The Morgan fingerprint density at radius 2 is 1.92 bits per heavy atom. The standard InChI is InChI=1S/C17H16ClF3N2O2/c1-11(25-15-5-3-13(4-6-15)17(19,20)21)10-23(2)16(24)12-7-14(18)9-22-8-12/h3-9,11H,10H2,1-2H3. The molecule has 1 aromatic heterocycles. The van der Waals surface area contributed by atoms with Gasteiger partial charge in [0, 0.05) is 19.4 Å². The van der Waals surface area contributed by atoms with Crippen molar-refractivity contribution in [3.8, 4) is 5.75 Å². The number of nitrogens with zero attached hydrogens (tertiary/aromatic N) is 2. The zero-order chi connectivity index (χ0) is 18.6. The van der Waals surface area contributed by atoms with Crippen molar-refractivity contribution in [2.45, 2.75) is 19.2 Å². The fourth-order valence-electron chi connectivity index (χ4n) is 2.21. The Balaban J connectivity index is 1.95. The van der Waals surface area contributed by atoms with Gasteiger partial charge in [0.05, 0.1) is 22.7 Å². The van der Waals surface area contributed by atoms with Gasteiger partial charge < -0.3 is 9.64 Å². The minimum Gasteiger partial charge on any atom is -0.489 e. The van der Waals surface area contributed by atoms with E-state index in [2.05, 4.69) is 4.98 Å². The lowest BCUT2D eigenvalue weighted by Crippen LogP contribution is -2.35. The van der Waals surface area contributed by atoms with Crippen LogP contribution in [-0.2, 0) is 6.18 Å². The van der Waals surface area contributed by atoms with Crippen molar-refractivity contribution in [2.24, 2.45) is 0 Å². The van der Waals surface area contributed by atoms with Crippen LogP contribution in [-0.4, -0.2) is 35.5 Å². The number of aromatic nitrogens is 1. The van der Waals surface area contributed by atoms with E-state index in [9.17, 15) is 18.0 Å². The van der Waals surface area contributed by atoms with Gasteiger partial charge in [-0.1, -0.05) is 11.6 Å². The summed E-state index contributed by atoms with van der Waals surface area (Å²) >= 11 is 5.81. The molecule has 0 N–H and O–H groups in total. The molecular weight excluding hydrogens is 357 g/mol. The average molecular weight is 373 g/mol. The van der Waals surface area contributed by atoms with Crippen LogP contribution in [0, 0.1) is 0 Å². The van der Waals surface area contributed by atoms with Crippen LogP contribution in [0.2, 0.25) is 5.02 Å². The van der Waals surface area contributed by atoms with Gasteiger partial charge in [-0.05, 0) is 37.3 Å². The molecule has 1 aromatic carbocycles. The lowest BCUT2D eigenvalue weighted by Gasteiger charge is -2.22. The summed E-state index contributed by atoms with van der Waals surface area (Å²) < 4.78 is 43.2. The van der Waals surface area contributed by atoms with Gasteiger partial charge in [-0.15, -0.1) is 0 Å². The molecule has 134 valence electrons. The van der Waals surface area contributed by atoms with Crippen molar-refractivity contribution in [1.29, 1.82) is 0 Å². The first-order valence-corrected chi connectivity index (χ1v) is 7.74. The molecule has 0 saturated carbocycles. The summed E-state index contributed by atoms with van der Waals surface area (Å²) in [7, 11) is 1.59. The van der Waals surface area contributed by atoms with Gasteiger partial charge in [0.2, 0.25) is 0 Å². The first-order valence-electron chi connectivity index (χ1n) is 7.36. The molecule has 2 rings (SSSR count). The Morgan fingerprint density at radius 1 is 1.28 bits per heavy atom. The number of amides is 1. The predicted octanol–water partition coefficient (Wildman–Crippen LogP) is 4.29. The Morgan fingerprint density at radius 3 is 2.48 bits per heavy atom. The van der Waals surface area contributed by atoms with Crippen LogP contribution < -0.4 is 4.74 Å². The highest BCUT2D eigenvalue weighted by Gasteiger charge is 2.30. The van der Waals surface area contributed by atoms with Crippen LogP contribution in [0.3, 0.4) is 0 Å². The predicted molar refractivity (Wildman–Crippen MR) is 87.7 cm³/mol. The Hall–Kier alpha value is -2.28. The van der Waals surface area contributed by atoms with Crippen LogP contribution in [0.5, 0.6) is 5.75 Å². The first kappa shape index (κ1) is 19.1. The van der Waals surface area contributed by atoms with E-state index in [-0.39, 0.29) is 12.5 Å². The summed E-state index contributed by atoms with van der Waals surface area (Å²) in [5, 5.41) is 0.355. The van der Waals surface area contributed by atoms with Crippen LogP contribution in [0.15, 0.2) is 42.7 Å². The number of hydrogen-bond acceptors (Lipinski definition) is 3. The fourth-order valence-corrected chi connectivity index (χ4v) is 2.38. The highest BCUT2D eigenvalue weighted by atomic mass is 35.5. The molecule has 0 aliphatic carbocycles. The number of halogens is 4. The van der Waals surface area contributed by atoms with Crippen molar-refractivity contribution >= 4 is 17.5 Å². The van der Waals surface area contributed by atoms with Crippen molar-refractivity contribution in [1.82, 2.24) is 9.88 Å². The summed E-state index contributed by atoms with van der Waals surface area (Å²) in [6, 6.07) is 5.92.